The van der Waals surface area contributed by atoms with Crippen LogP contribution >= 0.6 is 23.5 Å². The van der Waals surface area contributed by atoms with Crippen LogP contribution in [0.4, 0.5) is 5.69 Å². The predicted octanol–water partition coefficient (Wildman–Crippen LogP) is 3.81. The smallest absolute Gasteiger partial charge is 0.268 e. The molecular formula is C22H23N3O3S2. The lowest BCUT2D eigenvalue weighted by Gasteiger charge is -2.13. The molecule has 6 nitrogen and oxygen atoms in total. The second kappa shape index (κ2) is 9.24. The fraction of sp³-hybridized carbons (Fsp3) is 0.318. The van der Waals surface area contributed by atoms with Crippen molar-refractivity contribution in [2.24, 2.45) is 0 Å². The Labute approximate surface area is 183 Å². The van der Waals surface area contributed by atoms with E-state index in [0.29, 0.717) is 23.6 Å². The van der Waals surface area contributed by atoms with E-state index >= 15 is 0 Å². The summed E-state index contributed by atoms with van der Waals surface area (Å²) in [5, 5.41) is 5.96. The molecule has 0 saturated carbocycles. The zero-order valence-corrected chi connectivity index (χ0v) is 18.5. The Morgan fingerprint density at radius 1 is 1.30 bits per heavy atom. The monoisotopic (exact) mass is 441 g/mol. The van der Waals surface area contributed by atoms with Crippen LogP contribution in [0.2, 0.25) is 0 Å². The molecule has 0 fully saturated rings. The van der Waals surface area contributed by atoms with Gasteiger partial charge in [-0.15, -0.1) is 11.8 Å². The van der Waals surface area contributed by atoms with E-state index in [2.05, 4.69) is 12.2 Å². The van der Waals surface area contributed by atoms with E-state index in [1.807, 2.05) is 42.5 Å². The number of methoxy groups -OCH3 is 1. The lowest BCUT2D eigenvalue weighted by Crippen LogP contribution is -2.27. The first-order chi connectivity index (χ1) is 14.6. The summed E-state index contributed by atoms with van der Waals surface area (Å²) in [7, 11) is 1.60. The van der Waals surface area contributed by atoms with Crippen LogP contribution in [0.3, 0.4) is 0 Å². The number of carbonyl (C=O) groups is 1. The van der Waals surface area contributed by atoms with Crippen molar-refractivity contribution >= 4 is 45.9 Å². The normalized spacial score (nSPS) is 15.3. The Hall–Kier alpha value is -2.29. The number of amides is 1. The van der Waals surface area contributed by atoms with Gasteiger partial charge in [0.25, 0.3) is 5.56 Å². The molecular weight excluding hydrogens is 418 g/mol. The summed E-state index contributed by atoms with van der Waals surface area (Å²) in [6.07, 6.45) is 0.774. The van der Waals surface area contributed by atoms with Gasteiger partial charge in [0, 0.05) is 29.9 Å². The molecule has 1 amide bonds. The van der Waals surface area contributed by atoms with Crippen LogP contribution in [0.5, 0.6) is 0 Å². The van der Waals surface area contributed by atoms with Gasteiger partial charge in [0.05, 0.1) is 29.5 Å². The first kappa shape index (κ1) is 21.0. The van der Waals surface area contributed by atoms with Crippen molar-refractivity contribution < 1.29 is 9.53 Å². The maximum atomic E-state index is 12.9. The number of fused-ring (bicyclic) bond motifs is 2. The second-order valence-electron chi connectivity index (χ2n) is 7.12. The largest absolute Gasteiger partial charge is 0.383 e. The van der Waals surface area contributed by atoms with Gasteiger partial charge in [0.15, 0.2) is 5.16 Å². The molecule has 30 heavy (non-hydrogen) atoms. The van der Waals surface area contributed by atoms with Gasteiger partial charge in [0.1, 0.15) is 0 Å². The van der Waals surface area contributed by atoms with E-state index in [1.165, 1.54) is 11.8 Å². The van der Waals surface area contributed by atoms with Crippen LogP contribution in [-0.4, -0.2) is 40.2 Å². The Morgan fingerprint density at radius 2 is 2.10 bits per heavy atom. The number of anilines is 1. The molecule has 1 N–H and O–H groups in total. The average Bonchev–Trinajstić information content (AvgIpc) is 3.12. The van der Waals surface area contributed by atoms with Crippen molar-refractivity contribution in [3.63, 3.8) is 0 Å². The molecule has 0 spiro atoms. The molecule has 1 atom stereocenters. The molecule has 8 heteroatoms. The molecule has 0 bridgehead atoms. The van der Waals surface area contributed by atoms with Crippen molar-refractivity contribution in [2.45, 2.75) is 35.2 Å². The Bertz CT molecular complexity index is 1140. The number of thioether (sulfide) groups is 2. The second-order valence-corrected chi connectivity index (χ2v) is 9.51. The van der Waals surface area contributed by atoms with Crippen LogP contribution in [0.15, 0.2) is 57.3 Å². The number of ether oxygens (including phenoxy) is 1. The van der Waals surface area contributed by atoms with Crippen LogP contribution in [0.25, 0.3) is 10.8 Å². The zero-order chi connectivity index (χ0) is 21.1. The van der Waals surface area contributed by atoms with Gasteiger partial charge in [-0.25, -0.2) is 4.98 Å². The highest BCUT2D eigenvalue weighted by atomic mass is 32.2. The van der Waals surface area contributed by atoms with Gasteiger partial charge in [0.2, 0.25) is 5.91 Å². The van der Waals surface area contributed by atoms with Gasteiger partial charge >= 0.3 is 0 Å². The summed E-state index contributed by atoms with van der Waals surface area (Å²) < 4.78 is 6.79. The molecule has 2 heterocycles. The van der Waals surface area contributed by atoms with Crippen LogP contribution < -0.4 is 10.9 Å². The molecule has 156 valence electrons. The van der Waals surface area contributed by atoms with Crippen LogP contribution in [0.1, 0.15) is 12.6 Å². The molecule has 1 aliphatic heterocycles. The standard InChI is InChI=1S/C22H23N3O3S2/c1-14-12-18-20(30-14)21(27)25(10-11-28-2)22(24-18)29-13-19(26)23-17-9-5-7-15-6-3-4-8-16(15)17/h3-9,14H,10-13H2,1-2H3,(H,23,26)/t14-/m1/s1. The number of aromatic nitrogens is 2. The quantitative estimate of drug-likeness (QED) is 0.444. The average molecular weight is 442 g/mol. The summed E-state index contributed by atoms with van der Waals surface area (Å²) in [6, 6.07) is 13.8. The fourth-order valence-corrected chi connectivity index (χ4v) is 5.43. The first-order valence-corrected chi connectivity index (χ1v) is 11.6. The molecule has 3 aromatic rings. The van der Waals surface area contributed by atoms with Crippen molar-refractivity contribution in [1.29, 1.82) is 0 Å². The van der Waals surface area contributed by atoms with E-state index < -0.39 is 0 Å². The number of nitrogens with one attached hydrogen (secondary N) is 1. The van der Waals surface area contributed by atoms with Gasteiger partial charge in [-0.2, -0.15) is 0 Å². The third-order valence-electron chi connectivity index (χ3n) is 4.88. The van der Waals surface area contributed by atoms with E-state index in [1.54, 1.807) is 23.4 Å². The summed E-state index contributed by atoms with van der Waals surface area (Å²) in [5.41, 5.74) is 1.58. The number of hydrogen-bond acceptors (Lipinski definition) is 6. The van der Waals surface area contributed by atoms with Crippen molar-refractivity contribution in [1.82, 2.24) is 9.55 Å². The Kier molecular flexibility index (Phi) is 6.46. The minimum Gasteiger partial charge on any atom is -0.383 e. The van der Waals surface area contributed by atoms with Gasteiger partial charge in [-0.3, -0.25) is 14.2 Å². The van der Waals surface area contributed by atoms with Gasteiger partial charge < -0.3 is 10.1 Å². The summed E-state index contributed by atoms with van der Waals surface area (Å²) in [5.74, 6) is 0.0385. The Balaban J connectivity index is 1.53. The topological polar surface area (TPSA) is 73.2 Å². The van der Waals surface area contributed by atoms with Gasteiger partial charge in [-0.1, -0.05) is 55.1 Å². The zero-order valence-electron chi connectivity index (χ0n) is 16.9. The lowest BCUT2D eigenvalue weighted by molar-refractivity contribution is -0.113. The summed E-state index contributed by atoms with van der Waals surface area (Å²) >= 11 is 2.86. The number of carbonyl (C=O) groups excluding carboxylic acids is 1. The highest BCUT2D eigenvalue weighted by molar-refractivity contribution is 8.00. The van der Waals surface area contributed by atoms with E-state index in [-0.39, 0.29) is 17.2 Å². The summed E-state index contributed by atoms with van der Waals surface area (Å²) in [6.45, 7) is 2.92. The number of nitrogens with zero attached hydrogens (tertiary/aromatic N) is 2. The minimum absolute atomic E-state index is 0.0386. The Morgan fingerprint density at radius 3 is 2.93 bits per heavy atom. The third kappa shape index (κ3) is 4.40. The van der Waals surface area contributed by atoms with Crippen LogP contribution in [-0.2, 0) is 22.5 Å². The molecule has 0 saturated heterocycles. The van der Waals surface area contributed by atoms with Crippen LogP contribution in [0, 0.1) is 0 Å². The SMILES string of the molecule is COCCn1c(SCC(=O)Nc2cccc3ccccc23)nc2c(c1=O)S[C@H](C)C2. The third-order valence-corrected chi connectivity index (χ3v) is 7.07. The number of hydrogen-bond donors (Lipinski definition) is 1. The van der Waals surface area contributed by atoms with Gasteiger partial charge in [-0.05, 0) is 11.5 Å². The lowest BCUT2D eigenvalue weighted by atomic mass is 10.1. The highest BCUT2D eigenvalue weighted by Gasteiger charge is 2.26. The molecule has 4 rings (SSSR count). The molecule has 0 aliphatic carbocycles. The molecule has 0 unspecified atom stereocenters. The first-order valence-electron chi connectivity index (χ1n) is 9.76. The van der Waals surface area contributed by atoms with E-state index in [0.717, 1.165) is 33.5 Å². The maximum absolute atomic E-state index is 12.9. The molecule has 0 radical (unpaired) electrons. The fourth-order valence-electron chi connectivity index (χ4n) is 3.47. The van der Waals surface area contributed by atoms with Crippen molar-refractivity contribution in [3.05, 3.63) is 58.5 Å². The molecule has 2 aromatic carbocycles. The van der Waals surface area contributed by atoms with E-state index in [4.69, 9.17) is 9.72 Å². The molecule has 1 aromatic heterocycles. The highest BCUT2D eigenvalue weighted by Crippen LogP contribution is 2.34. The maximum Gasteiger partial charge on any atom is 0.268 e. The summed E-state index contributed by atoms with van der Waals surface area (Å²) in [4.78, 5) is 31.0. The van der Waals surface area contributed by atoms with Crippen molar-refractivity contribution in [3.8, 4) is 0 Å². The molecule has 1 aliphatic rings. The number of rotatable bonds is 7. The number of benzene rings is 2. The van der Waals surface area contributed by atoms with Crippen molar-refractivity contribution in [2.75, 3.05) is 24.8 Å². The minimum atomic E-state index is -0.132. The predicted molar refractivity (Wildman–Crippen MR) is 123 cm³/mol. The van der Waals surface area contributed by atoms with E-state index in [9.17, 15) is 9.59 Å².